The third-order valence-corrected chi connectivity index (χ3v) is 6.72. The zero-order valence-electron chi connectivity index (χ0n) is 24.2. The van der Waals surface area contributed by atoms with Crippen LogP contribution in [-0.2, 0) is 6.54 Å². The normalized spacial score (nSPS) is 16.8. The Hall–Kier alpha value is -4.56. The molecule has 1 aliphatic carbocycles. The summed E-state index contributed by atoms with van der Waals surface area (Å²) in [5.41, 5.74) is 2.44. The molecule has 1 unspecified atom stereocenters. The molecule has 43 heavy (non-hydrogen) atoms. The van der Waals surface area contributed by atoms with Gasteiger partial charge in [-0.25, -0.2) is 22.0 Å². The molecule has 1 aromatic carbocycles. The van der Waals surface area contributed by atoms with Gasteiger partial charge in [-0.1, -0.05) is 6.08 Å². The van der Waals surface area contributed by atoms with Crippen LogP contribution < -0.4 is 5.32 Å². The topological polar surface area (TPSA) is 65.1 Å². The number of aryl methyl sites for hydroxylation is 1. The Balaban J connectivity index is 2.01. The van der Waals surface area contributed by atoms with E-state index in [1.807, 2.05) is 0 Å². The van der Waals surface area contributed by atoms with Crippen LogP contribution in [0.4, 0.5) is 27.6 Å². The molecule has 0 amide bonds. The number of alkyl halides is 2. The lowest BCUT2D eigenvalue weighted by atomic mass is 9.95. The SMILES string of the molecule is C#[N+]/C=C(C=NCc1cc(F)cnc1C)/C(=C/C1=CC([C@@H](C)Nc2ccc(F)cc2C(F)F)C=C(F)C=C1CO)N(C)C. The molecule has 0 saturated carbocycles. The van der Waals surface area contributed by atoms with Crippen molar-refractivity contribution < 1.29 is 27.1 Å². The fourth-order valence-electron chi connectivity index (χ4n) is 4.41. The molecular weight excluding hydrogens is 565 g/mol. The first-order chi connectivity index (χ1) is 20.4. The molecule has 1 aromatic heterocycles. The number of allylic oxidation sites excluding steroid dienone is 4. The number of nitrogens with zero attached hydrogens (tertiary/aromatic N) is 4. The van der Waals surface area contributed by atoms with Crippen molar-refractivity contribution in [2.24, 2.45) is 10.9 Å². The maximum absolute atomic E-state index is 14.9. The van der Waals surface area contributed by atoms with Gasteiger partial charge >= 0.3 is 6.20 Å². The molecule has 2 atom stereocenters. The van der Waals surface area contributed by atoms with Crippen LogP contribution in [0.15, 0.2) is 94.2 Å². The van der Waals surface area contributed by atoms with Gasteiger partial charge in [0.15, 0.2) is 0 Å². The Bertz CT molecular complexity index is 1550. The molecular formula is C32H33F5N5O+. The van der Waals surface area contributed by atoms with Crippen LogP contribution in [-0.4, -0.2) is 47.9 Å². The van der Waals surface area contributed by atoms with Crippen molar-refractivity contribution in [1.29, 1.82) is 0 Å². The summed E-state index contributed by atoms with van der Waals surface area (Å²) in [6.45, 7) is 8.53. The average molecular weight is 599 g/mol. The minimum Gasteiger partial charge on any atom is -0.392 e. The predicted octanol–water partition coefficient (Wildman–Crippen LogP) is 7.30. The molecule has 6 nitrogen and oxygen atoms in total. The van der Waals surface area contributed by atoms with Crippen molar-refractivity contribution in [2.45, 2.75) is 32.9 Å². The molecule has 1 heterocycles. The third kappa shape index (κ3) is 8.96. The molecule has 0 aliphatic heterocycles. The molecule has 2 N–H and O–H groups in total. The highest BCUT2D eigenvalue weighted by Crippen LogP contribution is 2.32. The lowest BCUT2D eigenvalue weighted by Crippen LogP contribution is -2.24. The number of aliphatic hydroxyl groups excluding tert-OH is 1. The minimum atomic E-state index is -2.92. The van der Waals surface area contributed by atoms with Crippen LogP contribution in [0.1, 0.15) is 30.2 Å². The van der Waals surface area contributed by atoms with Crippen molar-refractivity contribution in [2.75, 3.05) is 26.0 Å². The monoisotopic (exact) mass is 598 g/mol. The van der Waals surface area contributed by atoms with Crippen LogP contribution in [0.2, 0.25) is 0 Å². The van der Waals surface area contributed by atoms with E-state index < -0.39 is 48.0 Å². The number of likely N-dealkylation sites (N-methyl/N-ethyl adjacent to an activating group) is 1. The number of benzene rings is 1. The second-order valence-electron chi connectivity index (χ2n) is 10.1. The molecule has 0 fully saturated rings. The summed E-state index contributed by atoms with van der Waals surface area (Å²) >= 11 is 0. The Labute approximate surface area is 247 Å². The maximum atomic E-state index is 14.9. The molecule has 226 valence electrons. The van der Waals surface area contributed by atoms with Crippen molar-refractivity contribution in [3.05, 3.63) is 123 Å². The van der Waals surface area contributed by atoms with Gasteiger partial charge in [0.05, 0.1) is 30.6 Å². The van der Waals surface area contributed by atoms with Gasteiger partial charge in [0.1, 0.15) is 17.5 Å². The Morgan fingerprint density at radius 3 is 2.58 bits per heavy atom. The first kappa shape index (κ1) is 32.9. The molecule has 0 saturated heterocycles. The summed E-state index contributed by atoms with van der Waals surface area (Å²) in [6, 6.07) is 3.76. The Morgan fingerprint density at radius 1 is 1.19 bits per heavy atom. The highest BCUT2D eigenvalue weighted by molar-refractivity contribution is 5.85. The third-order valence-electron chi connectivity index (χ3n) is 6.72. The van der Waals surface area contributed by atoms with Crippen LogP contribution >= 0.6 is 0 Å². The van der Waals surface area contributed by atoms with Crippen molar-refractivity contribution in [3.8, 4) is 6.57 Å². The van der Waals surface area contributed by atoms with Crippen molar-refractivity contribution >= 4 is 11.9 Å². The van der Waals surface area contributed by atoms with E-state index in [0.717, 1.165) is 18.3 Å². The lowest BCUT2D eigenvalue weighted by molar-refractivity contribution is 0.151. The number of pyridine rings is 1. The summed E-state index contributed by atoms with van der Waals surface area (Å²) in [5.74, 6) is -2.58. The predicted molar refractivity (Wildman–Crippen MR) is 160 cm³/mol. The van der Waals surface area contributed by atoms with Gasteiger partial charge < -0.3 is 15.3 Å². The van der Waals surface area contributed by atoms with Crippen LogP contribution in [0.3, 0.4) is 0 Å². The van der Waals surface area contributed by atoms with E-state index in [1.165, 1.54) is 36.7 Å². The first-order valence-corrected chi connectivity index (χ1v) is 13.3. The second kappa shape index (κ2) is 15.1. The van der Waals surface area contributed by atoms with E-state index in [1.54, 1.807) is 45.0 Å². The Kier molecular flexibility index (Phi) is 11.5. The highest BCUT2D eigenvalue weighted by Gasteiger charge is 2.22. The fourth-order valence-corrected chi connectivity index (χ4v) is 4.41. The molecule has 2 aromatic rings. The smallest absolute Gasteiger partial charge is 0.315 e. The fraction of sp³-hybridized carbons (Fsp3) is 0.281. The largest absolute Gasteiger partial charge is 0.392 e. The quantitative estimate of drug-likeness (QED) is 0.162. The lowest BCUT2D eigenvalue weighted by Gasteiger charge is -2.23. The van der Waals surface area contributed by atoms with E-state index in [0.29, 0.717) is 28.1 Å². The van der Waals surface area contributed by atoms with E-state index in [9.17, 15) is 27.1 Å². The molecule has 11 heteroatoms. The molecule has 0 radical (unpaired) electrons. The molecule has 3 rings (SSSR count). The number of halogens is 5. The molecule has 0 bridgehead atoms. The summed E-state index contributed by atoms with van der Waals surface area (Å²) in [6.07, 6.45) is 6.95. The number of anilines is 1. The van der Waals surface area contributed by atoms with Gasteiger partial charge in [-0.3, -0.25) is 9.98 Å². The van der Waals surface area contributed by atoms with Gasteiger partial charge in [0.2, 0.25) is 0 Å². The maximum Gasteiger partial charge on any atom is 0.315 e. The summed E-state index contributed by atoms with van der Waals surface area (Å²) in [4.78, 5) is 13.8. The number of rotatable bonds is 11. The molecule has 1 aliphatic rings. The number of aliphatic hydroxyl groups is 1. The van der Waals surface area contributed by atoms with E-state index >= 15 is 0 Å². The van der Waals surface area contributed by atoms with Crippen molar-refractivity contribution in [3.63, 3.8) is 0 Å². The zero-order valence-corrected chi connectivity index (χ0v) is 24.2. The Morgan fingerprint density at radius 2 is 1.93 bits per heavy atom. The van der Waals surface area contributed by atoms with Crippen LogP contribution in [0.25, 0.3) is 4.85 Å². The van der Waals surface area contributed by atoms with E-state index in [2.05, 4.69) is 20.1 Å². The zero-order chi connectivity index (χ0) is 31.7. The number of aromatic nitrogens is 1. The van der Waals surface area contributed by atoms with Crippen LogP contribution in [0, 0.1) is 31.0 Å². The number of hydrogen-bond acceptors (Lipinski definition) is 5. The minimum absolute atomic E-state index is 0.0199. The summed E-state index contributed by atoms with van der Waals surface area (Å²) in [7, 11) is 3.51. The van der Waals surface area contributed by atoms with E-state index in [4.69, 9.17) is 6.57 Å². The number of hydrogen-bond donors (Lipinski definition) is 2. The van der Waals surface area contributed by atoms with Gasteiger partial charge in [-0.15, -0.1) is 0 Å². The van der Waals surface area contributed by atoms with Gasteiger partial charge in [-0.2, -0.15) is 0 Å². The highest BCUT2D eigenvalue weighted by atomic mass is 19.3. The van der Waals surface area contributed by atoms with E-state index in [-0.39, 0.29) is 17.8 Å². The molecule has 0 spiro atoms. The number of nitrogens with one attached hydrogen (secondary N) is 1. The van der Waals surface area contributed by atoms with Gasteiger partial charge in [0, 0.05) is 49.2 Å². The number of aliphatic imine (C=N–C) groups is 1. The summed E-state index contributed by atoms with van der Waals surface area (Å²) < 4.78 is 69.4. The van der Waals surface area contributed by atoms with Gasteiger partial charge in [0.25, 0.3) is 13.0 Å². The van der Waals surface area contributed by atoms with Crippen LogP contribution in [0.5, 0.6) is 0 Å². The first-order valence-electron chi connectivity index (χ1n) is 13.3. The summed E-state index contributed by atoms with van der Waals surface area (Å²) in [5, 5.41) is 13.0. The van der Waals surface area contributed by atoms with Gasteiger partial charge in [-0.05, 0) is 77.9 Å². The van der Waals surface area contributed by atoms with Crippen molar-refractivity contribution in [1.82, 2.24) is 9.88 Å². The standard InChI is InChI=1S/C32H33F5N5O/c1-19-23(10-28(35)17-40-19)15-39-16-25(14-38-3)31(42(4)5)12-22-8-21(9-27(34)11-24(22)18-43)20(2)41-30-7-6-26(33)13-29(30)32(36)37/h3,6-14,16-17,20-21,32,41,43H,15,18H2,1-2,4-5H3/q+1/b25-14+,31-12-,39-16?/t20-,21?/m1/s1. The second-order valence-corrected chi connectivity index (χ2v) is 10.1. The average Bonchev–Trinajstić information content (AvgIpc) is 3.11.